The number of nitrogens with one attached hydrogen (secondary N) is 1. The van der Waals surface area contributed by atoms with E-state index in [9.17, 15) is 18.8 Å². The van der Waals surface area contributed by atoms with E-state index >= 15 is 0 Å². The fraction of sp³-hybridized carbons (Fsp3) is 0.304. The quantitative estimate of drug-likeness (QED) is 0.477. The van der Waals surface area contributed by atoms with Gasteiger partial charge in [-0.2, -0.15) is 5.10 Å². The Bertz CT molecular complexity index is 991. The maximum atomic E-state index is 13.0. The largest absolute Gasteiger partial charge is 0.274 e. The molecule has 0 aromatic heterocycles. The molecule has 3 amide bonds. The first kappa shape index (κ1) is 19.9. The van der Waals surface area contributed by atoms with E-state index < -0.39 is 11.7 Å². The van der Waals surface area contributed by atoms with E-state index in [-0.39, 0.29) is 23.7 Å². The SMILES string of the molecule is C/C(=N/NC(=O)c1ccc(F)cc1)c1ccc(N2C(=O)[C@H]3CCCC[C@H]3C2=O)cc1. The molecule has 7 heteroatoms. The van der Waals surface area contributed by atoms with Crippen LogP contribution in [0.4, 0.5) is 10.1 Å². The first-order valence-corrected chi connectivity index (χ1v) is 10.0. The third kappa shape index (κ3) is 3.75. The summed E-state index contributed by atoms with van der Waals surface area (Å²) in [6.45, 7) is 1.74. The van der Waals surface area contributed by atoms with E-state index in [1.165, 1.54) is 29.2 Å². The Morgan fingerprint density at radius 1 is 0.933 bits per heavy atom. The smallest absolute Gasteiger partial charge is 0.271 e. The number of amides is 3. The van der Waals surface area contributed by atoms with Gasteiger partial charge in [0.2, 0.25) is 11.8 Å². The maximum absolute atomic E-state index is 13.0. The number of benzene rings is 2. The Balaban J connectivity index is 1.46. The molecule has 30 heavy (non-hydrogen) atoms. The monoisotopic (exact) mass is 407 g/mol. The van der Waals surface area contributed by atoms with Crippen LogP contribution in [-0.4, -0.2) is 23.4 Å². The van der Waals surface area contributed by atoms with Gasteiger partial charge in [-0.05, 0) is 61.7 Å². The number of carbonyl (C=O) groups excluding carboxylic acids is 3. The molecular weight excluding hydrogens is 385 g/mol. The summed E-state index contributed by atoms with van der Waals surface area (Å²) in [5.74, 6) is -1.43. The van der Waals surface area contributed by atoms with Crippen LogP contribution in [0.15, 0.2) is 53.6 Å². The van der Waals surface area contributed by atoms with Crippen molar-refractivity contribution in [1.29, 1.82) is 0 Å². The number of halogens is 1. The number of fused-ring (bicyclic) bond motifs is 1. The highest BCUT2D eigenvalue weighted by molar-refractivity contribution is 6.22. The number of hydrazone groups is 1. The zero-order valence-corrected chi connectivity index (χ0v) is 16.6. The van der Waals surface area contributed by atoms with Gasteiger partial charge in [0.25, 0.3) is 5.91 Å². The van der Waals surface area contributed by atoms with Crippen LogP contribution in [0, 0.1) is 17.7 Å². The molecule has 1 saturated heterocycles. The molecule has 0 unspecified atom stereocenters. The molecule has 4 rings (SSSR count). The van der Waals surface area contributed by atoms with Crippen molar-refractivity contribution >= 4 is 29.1 Å². The Kier molecular flexibility index (Phi) is 5.44. The average Bonchev–Trinajstić information content (AvgIpc) is 3.03. The van der Waals surface area contributed by atoms with Crippen molar-refractivity contribution < 1.29 is 18.8 Å². The van der Waals surface area contributed by atoms with Gasteiger partial charge in [0, 0.05) is 5.56 Å². The molecule has 1 aliphatic heterocycles. The number of nitrogens with zero attached hydrogens (tertiary/aromatic N) is 2. The lowest BCUT2D eigenvalue weighted by molar-refractivity contribution is -0.122. The lowest BCUT2D eigenvalue weighted by Crippen LogP contribution is -2.30. The van der Waals surface area contributed by atoms with Crippen LogP contribution < -0.4 is 10.3 Å². The number of anilines is 1. The molecule has 1 N–H and O–H groups in total. The lowest BCUT2D eigenvalue weighted by atomic mass is 9.81. The van der Waals surface area contributed by atoms with Crippen LogP contribution in [-0.2, 0) is 9.59 Å². The van der Waals surface area contributed by atoms with Crippen LogP contribution in [0.5, 0.6) is 0 Å². The Morgan fingerprint density at radius 2 is 1.47 bits per heavy atom. The van der Waals surface area contributed by atoms with Crippen LogP contribution >= 0.6 is 0 Å². The zero-order chi connectivity index (χ0) is 21.3. The minimum Gasteiger partial charge on any atom is -0.274 e. The molecule has 0 bridgehead atoms. The van der Waals surface area contributed by atoms with Crippen molar-refractivity contribution in [2.24, 2.45) is 16.9 Å². The summed E-state index contributed by atoms with van der Waals surface area (Å²) < 4.78 is 13.0. The van der Waals surface area contributed by atoms with Crippen molar-refractivity contribution in [2.75, 3.05) is 4.90 Å². The predicted octanol–water partition coefficient (Wildman–Crippen LogP) is 3.66. The molecule has 1 heterocycles. The molecule has 6 nitrogen and oxygen atoms in total. The van der Waals surface area contributed by atoms with Gasteiger partial charge in [0.1, 0.15) is 5.82 Å². The fourth-order valence-corrected chi connectivity index (χ4v) is 4.13. The molecule has 2 fully saturated rings. The Hall–Kier alpha value is -3.35. The second-order valence-corrected chi connectivity index (χ2v) is 7.70. The van der Waals surface area contributed by atoms with Gasteiger partial charge in [0.05, 0.1) is 23.2 Å². The number of hydrogen-bond donors (Lipinski definition) is 1. The fourth-order valence-electron chi connectivity index (χ4n) is 4.13. The molecular formula is C23H22FN3O3. The number of hydrogen-bond acceptors (Lipinski definition) is 4. The van der Waals surface area contributed by atoms with E-state index in [1.807, 2.05) is 0 Å². The molecule has 0 radical (unpaired) electrons. The number of imide groups is 1. The molecule has 0 spiro atoms. The van der Waals surface area contributed by atoms with Crippen molar-refractivity contribution in [3.05, 3.63) is 65.5 Å². The van der Waals surface area contributed by atoms with Gasteiger partial charge in [0.15, 0.2) is 0 Å². The molecule has 2 aromatic carbocycles. The van der Waals surface area contributed by atoms with E-state index in [0.29, 0.717) is 17.0 Å². The third-order valence-electron chi connectivity index (χ3n) is 5.82. The van der Waals surface area contributed by atoms with Gasteiger partial charge < -0.3 is 0 Å². The molecule has 2 aromatic rings. The molecule has 1 saturated carbocycles. The van der Waals surface area contributed by atoms with E-state index in [2.05, 4.69) is 10.5 Å². The summed E-state index contributed by atoms with van der Waals surface area (Å²) in [6, 6.07) is 12.2. The Labute approximate surface area is 173 Å². The summed E-state index contributed by atoms with van der Waals surface area (Å²) in [7, 11) is 0. The van der Waals surface area contributed by atoms with Crippen LogP contribution in [0.1, 0.15) is 48.5 Å². The van der Waals surface area contributed by atoms with Crippen LogP contribution in [0.25, 0.3) is 0 Å². The summed E-state index contributed by atoms with van der Waals surface area (Å²) in [4.78, 5) is 38.8. The zero-order valence-electron chi connectivity index (χ0n) is 16.6. The minimum absolute atomic E-state index is 0.102. The second-order valence-electron chi connectivity index (χ2n) is 7.70. The normalized spacial score (nSPS) is 21.5. The first-order valence-electron chi connectivity index (χ1n) is 10.0. The van der Waals surface area contributed by atoms with Gasteiger partial charge in [-0.15, -0.1) is 0 Å². The van der Waals surface area contributed by atoms with E-state index in [1.54, 1.807) is 31.2 Å². The predicted molar refractivity (Wildman–Crippen MR) is 110 cm³/mol. The van der Waals surface area contributed by atoms with Gasteiger partial charge in [-0.3, -0.25) is 19.3 Å². The molecule has 154 valence electrons. The number of carbonyl (C=O) groups is 3. The molecule has 2 atom stereocenters. The van der Waals surface area contributed by atoms with Gasteiger partial charge in [-0.25, -0.2) is 9.82 Å². The average molecular weight is 407 g/mol. The standard InChI is InChI=1S/C23H22FN3O3/c1-14(25-26-21(28)16-6-10-17(24)11-7-16)15-8-12-18(13-9-15)27-22(29)19-4-2-3-5-20(19)23(27)30/h6-13,19-20H,2-5H2,1H3,(H,26,28)/b25-14-/t19-,20+. The highest BCUT2D eigenvalue weighted by atomic mass is 19.1. The van der Waals surface area contributed by atoms with E-state index in [4.69, 9.17) is 0 Å². The third-order valence-corrected chi connectivity index (χ3v) is 5.82. The van der Waals surface area contributed by atoms with Gasteiger partial charge in [-0.1, -0.05) is 25.0 Å². The number of rotatable bonds is 4. The molecule has 2 aliphatic rings. The van der Waals surface area contributed by atoms with E-state index in [0.717, 1.165) is 31.2 Å². The van der Waals surface area contributed by atoms with Crippen LogP contribution in [0.2, 0.25) is 0 Å². The Morgan fingerprint density at radius 3 is 2.03 bits per heavy atom. The second kappa shape index (κ2) is 8.18. The van der Waals surface area contributed by atoms with Crippen molar-refractivity contribution in [3.63, 3.8) is 0 Å². The maximum Gasteiger partial charge on any atom is 0.271 e. The summed E-state index contributed by atoms with van der Waals surface area (Å²) in [5, 5.41) is 4.09. The van der Waals surface area contributed by atoms with Crippen LogP contribution in [0.3, 0.4) is 0 Å². The van der Waals surface area contributed by atoms with Crippen molar-refractivity contribution in [1.82, 2.24) is 5.43 Å². The highest BCUT2D eigenvalue weighted by Gasteiger charge is 2.48. The lowest BCUT2D eigenvalue weighted by Gasteiger charge is -2.19. The topological polar surface area (TPSA) is 78.8 Å². The highest BCUT2D eigenvalue weighted by Crippen LogP contribution is 2.40. The summed E-state index contributed by atoms with van der Waals surface area (Å²) in [6.07, 6.45) is 3.55. The minimum atomic E-state index is -0.443. The summed E-state index contributed by atoms with van der Waals surface area (Å²) in [5.41, 5.74) is 4.61. The van der Waals surface area contributed by atoms with Gasteiger partial charge >= 0.3 is 0 Å². The van der Waals surface area contributed by atoms with Crippen molar-refractivity contribution in [2.45, 2.75) is 32.6 Å². The first-order chi connectivity index (χ1) is 14.5. The molecule has 1 aliphatic carbocycles. The summed E-state index contributed by atoms with van der Waals surface area (Å²) >= 11 is 0. The van der Waals surface area contributed by atoms with Crippen molar-refractivity contribution in [3.8, 4) is 0 Å².